The number of pyridine rings is 1. The van der Waals surface area contributed by atoms with Gasteiger partial charge in [-0.25, -0.2) is 14.8 Å². The number of imidazole rings is 1. The smallest absolute Gasteiger partial charge is 0.328 e. The van der Waals surface area contributed by atoms with E-state index in [1.165, 1.54) is 24.1 Å². The second-order valence-corrected chi connectivity index (χ2v) is 14.4. The van der Waals surface area contributed by atoms with Gasteiger partial charge in [-0.2, -0.15) is 5.10 Å². The van der Waals surface area contributed by atoms with Crippen molar-refractivity contribution in [2.45, 2.75) is 44.9 Å². The van der Waals surface area contributed by atoms with Crippen molar-refractivity contribution in [3.63, 3.8) is 0 Å². The van der Waals surface area contributed by atoms with Crippen molar-refractivity contribution in [3.8, 4) is 22.9 Å². The highest BCUT2D eigenvalue weighted by Crippen LogP contribution is 2.37. The van der Waals surface area contributed by atoms with Gasteiger partial charge in [-0.1, -0.05) is 23.7 Å². The monoisotopic (exact) mass is 707 g/mol. The third-order valence-electron chi connectivity index (χ3n) is 10.6. The lowest BCUT2D eigenvalue weighted by atomic mass is 9.88. The topological polar surface area (TPSA) is 125 Å². The van der Waals surface area contributed by atoms with Crippen molar-refractivity contribution in [2.24, 2.45) is 13.0 Å². The minimum absolute atomic E-state index is 0.214. The second kappa shape index (κ2) is 14.0. The van der Waals surface area contributed by atoms with Gasteiger partial charge < -0.3 is 19.5 Å². The molecule has 12 nitrogen and oxygen atoms in total. The van der Waals surface area contributed by atoms with E-state index in [9.17, 15) is 9.59 Å². The fourth-order valence-electron chi connectivity index (χ4n) is 7.74. The summed E-state index contributed by atoms with van der Waals surface area (Å²) in [7, 11) is 1.89. The summed E-state index contributed by atoms with van der Waals surface area (Å²) in [5.41, 5.74) is 6.33. The van der Waals surface area contributed by atoms with Crippen LogP contribution in [0.4, 0.5) is 16.2 Å². The van der Waals surface area contributed by atoms with Crippen molar-refractivity contribution in [2.75, 3.05) is 49.1 Å². The van der Waals surface area contributed by atoms with E-state index in [-0.39, 0.29) is 11.9 Å². The van der Waals surface area contributed by atoms with Crippen molar-refractivity contribution in [1.29, 1.82) is 0 Å². The maximum absolute atomic E-state index is 12.2. The molecule has 0 aliphatic carbocycles. The van der Waals surface area contributed by atoms with Crippen LogP contribution in [0.15, 0.2) is 60.9 Å². The first-order valence-electron chi connectivity index (χ1n) is 17.8. The molecule has 0 spiro atoms. The van der Waals surface area contributed by atoms with Crippen LogP contribution >= 0.6 is 11.6 Å². The van der Waals surface area contributed by atoms with E-state index in [2.05, 4.69) is 59.4 Å². The number of aryl methyl sites for hydroxylation is 2. The molecule has 51 heavy (non-hydrogen) atoms. The average Bonchev–Trinajstić information content (AvgIpc) is 3.72. The normalized spacial score (nSPS) is 18.1. The van der Waals surface area contributed by atoms with E-state index in [0.717, 1.165) is 62.5 Å². The summed E-state index contributed by atoms with van der Waals surface area (Å²) >= 11 is 6.57. The number of rotatable bonds is 8. The minimum Gasteiger partial charge on any atom is -0.453 e. The lowest BCUT2D eigenvalue weighted by molar-refractivity contribution is -0.120. The number of halogens is 1. The zero-order chi connectivity index (χ0) is 35.1. The Morgan fingerprint density at radius 3 is 2.33 bits per heavy atom. The molecule has 0 unspecified atom stereocenters. The summed E-state index contributed by atoms with van der Waals surface area (Å²) in [5, 5.41) is 7.24. The van der Waals surface area contributed by atoms with Crippen molar-refractivity contribution in [1.82, 2.24) is 34.9 Å². The van der Waals surface area contributed by atoms with Crippen LogP contribution in [0.5, 0.6) is 11.5 Å². The number of hydrogen-bond acceptors (Lipinski definition) is 8. The van der Waals surface area contributed by atoms with Gasteiger partial charge in [-0.15, -0.1) is 0 Å². The predicted molar refractivity (Wildman–Crippen MR) is 198 cm³/mol. The highest BCUT2D eigenvalue weighted by atomic mass is 35.5. The molecule has 2 N–H and O–H groups in total. The van der Waals surface area contributed by atoms with Gasteiger partial charge in [0.05, 0.1) is 17.5 Å². The first-order valence-corrected chi connectivity index (χ1v) is 18.2. The largest absolute Gasteiger partial charge is 0.453 e. The number of nitrogens with one attached hydrogen (secondary N) is 2. The number of likely N-dealkylation sites (tertiary alicyclic amines) is 1. The number of urea groups is 1. The molecular formula is C38H42ClN9O3. The number of benzene rings is 2. The molecule has 3 saturated heterocycles. The summed E-state index contributed by atoms with van der Waals surface area (Å²) in [6.07, 6.45) is 8.49. The Labute approximate surface area is 301 Å². The number of hydrogen-bond donors (Lipinski definition) is 2. The molecule has 3 aromatic heterocycles. The standard InChI is InChI=1S/C38H42ClN9O3/c1-24-31(23-45(2)44-24)36-42-34-35(32(39)21-40-37(34)43-36)51-30-9-3-26(4-10-30)27-13-16-46(17-14-27)22-25-11-18-47(19-12-25)28-5-7-29(8-6-28)48-20-15-33(49)41-38(48)50/h3-10,21,23,25,27H,11-20,22H2,1-2H3,(H,40,42,43)(H,41,49,50). The molecule has 0 saturated carbocycles. The third-order valence-corrected chi connectivity index (χ3v) is 10.8. The Balaban J connectivity index is 0.818. The maximum Gasteiger partial charge on any atom is 0.328 e. The first-order chi connectivity index (χ1) is 24.8. The number of amides is 3. The molecule has 13 heteroatoms. The van der Waals surface area contributed by atoms with Crippen LogP contribution in [0.3, 0.4) is 0 Å². The van der Waals surface area contributed by atoms with E-state index >= 15 is 0 Å². The summed E-state index contributed by atoms with van der Waals surface area (Å²) in [4.78, 5) is 42.8. The molecule has 6 heterocycles. The number of carbonyl (C=O) groups excluding carboxylic acids is 2. The van der Waals surface area contributed by atoms with Gasteiger partial charge in [0.1, 0.15) is 22.1 Å². The molecule has 3 aliphatic rings. The van der Waals surface area contributed by atoms with Crippen LogP contribution < -0.4 is 19.9 Å². The molecule has 0 radical (unpaired) electrons. The Hall–Kier alpha value is -4.94. The van der Waals surface area contributed by atoms with Crippen LogP contribution in [-0.2, 0) is 11.8 Å². The van der Waals surface area contributed by atoms with Gasteiger partial charge in [-0.3, -0.25) is 19.7 Å². The van der Waals surface area contributed by atoms with Crippen LogP contribution in [0.2, 0.25) is 5.02 Å². The zero-order valence-corrected chi connectivity index (χ0v) is 29.7. The molecule has 0 bridgehead atoms. The molecule has 5 aromatic rings. The van der Waals surface area contributed by atoms with Gasteiger partial charge in [-0.05, 0) is 99.5 Å². The Morgan fingerprint density at radius 2 is 1.65 bits per heavy atom. The molecule has 0 atom stereocenters. The maximum atomic E-state index is 12.2. The van der Waals surface area contributed by atoms with E-state index < -0.39 is 0 Å². The summed E-state index contributed by atoms with van der Waals surface area (Å²) in [5.74, 6) is 2.92. The van der Waals surface area contributed by atoms with Crippen LogP contribution in [0.1, 0.15) is 49.3 Å². The predicted octanol–water partition coefficient (Wildman–Crippen LogP) is 6.65. The van der Waals surface area contributed by atoms with Gasteiger partial charge in [0.25, 0.3) is 0 Å². The lowest BCUT2D eigenvalue weighted by Gasteiger charge is -2.38. The van der Waals surface area contributed by atoms with Gasteiger partial charge >= 0.3 is 6.03 Å². The first kappa shape index (κ1) is 33.2. The van der Waals surface area contributed by atoms with Crippen LogP contribution in [0, 0.1) is 12.8 Å². The number of H-pyrrole nitrogens is 1. The molecule has 3 fully saturated rings. The van der Waals surface area contributed by atoms with Gasteiger partial charge in [0, 0.05) is 57.2 Å². The van der Waals surface area contributed by atoms with E-state index in [4.69, 9.17) is 16.3 Å². The number of aromatic nitrogens is 5. The summed E-state index contributed by atoms with van der Waals surface area (Å²) in [6, 6.07) is 16.2. The summed E-state index contributed by atoms with van der Waals surface area (Å²) < 4.78 is 8.09. The number of fused-ring (bicyclic) bond motifs is 1. The number of imide groups is 1. The van der Waals surface area contributed by atoms with Crippen LogP contribution in [-0.4, -0.2) is 80.8 Å². The minimum atomic E-state index is -0.345. The Kier molecular flexibility index (Phi) is 9.12. The van der Waals surface area contributed by atoms with E-state index in [1.54, 1.807) is 15.8 Å². The van der Waals surface area contributed by atoms with Crippen molar-refractivity contribution in [3.05, 3.63) is 77.2 Å². The fraction of sp³-hybridized carbons (Fsp3) is 0.395. The van der Waals surface area contributed by atoms with Crippen molar-refractivity contribution < 1.29 is 14.3 Å². The zero-order valence-electron chi connectivity index (χ0n) is 28.9. The number of aromatic amines is 1. The Morgan fingerprint density at radius 1 is 0.922 bits per heavy atom. The van der Waals surface area contributed by atoms with Gasteiger partial charge in [0.2, 0.25) is 5.91 Å². The SMILES string of the molecule is Cc1nn(C)cc1-c1nc2ncc(Cl)c(Oc3ccc(C4CCN(CC5CCN(c6ccc(N7CCC(=O)NC7=O)cc6)CC5)CC4)cc3)c2[nH]1. The van der Waals surface area contributed by atoms with E-state index in [1.807, 2.05) is 44.4 Å². The summed E-state index contributed by atoms with van der Waals surface area (Å²) in [6.45, 7) is 7.83. The quantitative estimate of drug-likeness (QED) is 0.184. The molecule has 8 rings (SSSR count). The number of piperidine rings is 2. The molecule has 3 aliphatic heterocycles. The molecule has 264 valence electrons. The van der Waals surface area contributed by atoms with E-state index in [0.29, 0.717) is 58.3 Å². The molecular weight excluding hydrogens is 666 g/mol. The van der Waals surface area contributed by atoms with Crippen molar-refractivity contribution >= 4 is 46.1 Å². The fourth-order valence-corrected chi connectivity index (χ4v) is 7.92. The number of ether oxygens (including phenoxy) is 1. The third kappa shape index (κ3) is 7.02. The van der Waals surface area contributed by atoms with Gasteiger partial charge in [0.15, 0.2) is 11.4 Å². The molecule has 2 aromatic carbocycles. The second-order valence-electron chi connectivity index (χ2n) is 14.0. The average molecular weight is 708 g/mol. The number of carbonyl (C=O) groups is 2. The molecule has 3 amide bonds. The highest BCUT2D eigenvalue weighted by Gasteiger charge is 2.27. The Bertz CT molecular complexity index is 2040. The number of nitrogens with zero attached hydrogens (tertiary/aromatic N) is 7. The number of anilines is 2. The van der Waals surface area contributed by atoms with Crippen LogP contribution in [0.25, 0.3) is 22.6 Å². The lowest BCUT2D eigenvalue weighted by Crippen LogP contribution is -2.49. The highest BCUT2D eigenvalue weighted by molar-refractivity contribution is 6.32.